The maximum atomic E-state index is 12.8. The van der Waals surface area contributed by atoms with E-state index in [1.165, 1.54) is 14.1 Å². The number of aryl methyl sites for hydroxylation is 1. The number of halogens is 1. The van der Waals surface area contributed by atoms with Crippen molar-refractivity contribution in [2.24, 2.45) is 19.1 Å². The van der Waals surface area contributed by atoms with E-state index in [0.29, 0.717) is 16.4 Å². The number of hydrogen-bond donors (Lipinski definition) is 2. The highest BCUT2D eigenvalue weighted by Gasteiger charge is 2.22. The lowest BCUT2D eigenvalue weighted by atomic mass is 10.1. The van der Waals surface area contributed by atoms with Crippen LogP contribution in [0.4, 0.5) is 11.4 Å². The molecule has 1 amide bonds. The number of carbonyl (C=O) groups is 1. The molecule has 0 spiro atoms. The molecule has 0 aliphatic heterocycles. The monoisotopic (exact) mass is 486 g/mol. The van der Waals surface area contributed by atoms with Crippen LogP contribution in [0.3, 0.4) is 0 Å². The molecule has 2 N–H and O–H groups in total. The van der Waals surface area contributed by atoms with Crippen molar-refractivity contribution in [2.45, 2.75) is 13.3 Å². The van der Waals surface area contributed by atoms with Crippen LogP contribution >= 0.6 is 23.4 Å². The Bertz CT molecular complexity index is 1330. The van der Waals surface area contributed by atoms with Gasteiger partial charge in [0.2, 0.25) is 11.8 Å². The van der Waals surface area contributed by atoms with Gasteiger partial charge in [0.15, 0.2) is 0 Å². The van der Waals surface area contributed by atoms with Gasteiger partial charge in [-0.3, -0.25) is 18.7 Å². The van der Waals surface area contributed by atoms with E-state index >= 15 is 0 Å². The Hall–Kier alpha value is -3.30. The zero-order valence-electron chi connectivity index (χ0n) is 18.3. The van der Waals surface area contributed by atoms with Crippen LogP contribution in [0.15, 0.2) is 63.1 Å². The molecule has 1 aromatic heterocycles. The molecular weight excluding hydrogens is 464 g/mol. The second kappa shape index (κ2) is 10.5. The van der Waals surface area contributed by atoms with Crippen molar-refractivity contribution in [1.29, 1.82) is 0 Å². The second-order valence-corrected chi connectivity index (χ2v) is 8.55. The van der Waals surface area contributed by atoms with Crippen molar-refractivity contribution in [1.82, 2.24) is 9.13 Å². The summed E-state index contributed by atoms with van der Waals surface area (Å²) in [6, 6.07) is 14.0. The Kier molecular flexibility index (Phi) is 7.78. The molecule has 0 saturated heterocycles. The highest BCUT2D eigenvalue weighted by atomic mass is 35.5. The topological polar surface area (TPSA) is 106 Å². The van der Waals surface area contributed by atoms with Gasteiger partial charge in [-0.15, -0.1) is 0 Å². The fourth-order valence-electron chi connectivity index (χ4n) is 3.08. The zero-order valence-corrected chi connectivity index (χ0v) is 19.9. The molecule has 0 aliphatic rings. The molecule has 0 bridgehead atoms. The minimum atomic E-state index is -0.715. The van der Waals surface area contributed by atoms with Crippen molar-refractivity contribution < 1.29 is 9.90 Å². The minimum absolute atomic E-state index is 0.0735. The summed E-state index contributed by atoms with van der Waals surface area (Å²) in [4.78, 5) is 42.1. The first kappa shape index (κ1) is 24.3. The largest absolute Gasteiger partial charge is 0.494 e. The summed E-state index contributed by atoms with van der Waals surface area (Å²) in [6.45, 7) is 1.99. The molecular formula is C23H23ClN4O4S. The molecule has 0 fully saturated rings. The van der Waals surface area contributed by atoms with E-state index < -0.39 is 17.1 Å². The van der Waals surface area contributed by atoms with Crippen LogP contribution < -0.4 is 16.6 Å². The Morgan fingerprint density at radius 2 is 1.76 bits per heavy atom. The third-order valence-corrected chi connectivity index (χ3v) is 6.14. The van der Waals surface area contributed by atoms with Crippen molar-refractivity contribution in [3.05, 3.63) is 85.5 Å². The summed E-state index contributed by atoms with van der Waals surface area (Å²) < 4.78 is 1.83. The number of hydrogen-bond acceptors (Lipinski definition) is 6. The van der Waals surface area contributed by atoms with Gasteiger partial charge in [0.25, 0.3) is 5.56 Å². The smallest absolute Gasteiger partial charge is 0.333 e. The maximum Gasteiger partial charge on any atom is 0.333 e. The van der Waals surface area contributed by atoms with E-state index in [4.69, 9.17) is 11.6 Å². The molecule has 172 valence electrons. The quantitative estimate of drug-likeness (QED) is 0.410. The van der Waals surface area contributed by atoms with Crippen LogP contribution in [0.5, 0.6) is 5.88 Å². The summed E-state index contributed by atoms with van der Waals surface area (Å²) in [6.07, 6.45) is 0.759. The molecule has 0 radical (unpaired) electrons. The van der Waals surface area contributed by atoms with Gasteiger partial charge in [-0.2, -0.15) is 0 Å². The fourth-order valence-corrected chi connectivity index (χ4v) is 4.04. The van der Waals surface area contributed by atoms with Crippen LogP contribution in [-0.2, 0) is 25.3 Å². The van der Waals surface area contributed by atoms with Crippen LogP contribution in [0.1, 0.15) is 18.1 Å². The molecule has 3 aromatic rings. The number of thioether (sulfide) groups is 1. The first-order valence-electron chi connectivity index (χ1n) is 10.1. The van der Waals surface area contributed by atoms with Gasteiger partial charge in [0.05, 0.1) is 11.4 Å². The standard InChI is InChI=1S/C23H23ClN4O4S/c1-4-14-7-5-6-8-17(14)26-18(29)13-33-20(25-16-11-9-15(24)10-12-16)19-21(30)27(2)23(32)28(3)22(19)31/h5-12,30H,4,13H2,1-3H3,(H,26,29). The third-order valence-electron chi connectivity index (χ3n) is 4.92. The van der Waals surface area contributed by atoms with Crippen molar-refractivity contribution in [3.8, 4) is 5.88 Å². The van der Waals surface area contributed by atoms with E-state index in [0.717, 1.165) is 32.9 Å². The average Bonchev–Trinajstić information content (AvgIpc) is 2.81. The highest BCUT2D eigenvalue weighted by molar-refractivity contribution is 8.15. The van der Waals surface area contributed by atoms with E-state index in [9.17, 15) is 19.5 Å². The zero-order chi connectivity index (χ0) is 24.1. The number of aromatic nitrogens is 2. The molecule has 0 unspecified atom stereocenters. The lowest BCUT2D eigenvalue weighted by Gasteiger charge is -2.13. The molecule has 1 heterocycles. The lowest BCUT2D eigenvalue weighted by molar-refractivity contribution is -0.113. The summed E-state index contributed by atoms with van der Waals surface area (Å²) in [7, 11) is 2.66. The highest BCUT2D eigenvalue weighted by Crippen LogP contribution is 2.24. The van der Waals surface area contributed by atoms with E-state index in [1.54, 1.807) is 24.3 Å². The first-order valence-corrected chi connectivity index (χ1v) is 11.4. The van der Waals surface area contributed by atoms with E-state index in [1.807, 2.05) is 31.2 Å². The average molecular weight is 487 g/mol. The number of aliphatic imine (C=N–C) groups is 1. The molecule has 8 nitrogen and oxygen atoms in total. The van der Waals surface area contributed by atoms with Gasteiger partial charge in [-0.25, -0.2) is 9.79 Å². The van der Waals surface area contributed by atoms with Gasteiger partial charge in [-0.1, -0.05) is 48.5 Å². The van der Waals surface area contributed by atoms with E-state index in [2.05, 4.69) is 10.3 Å². The Balaban J connectivity index is 1.98. The Labute approximate surface area is 199 Å². The van der Waals surface area contributed by atoms with Crippen LogP contribution in [-0.4, -0.2) is 30.9 Å². The number of nitrogens with one attached hydrogen (secondary N) is 1. The van der Waals surface area contributed by atoms with Crippen molar-refractivity contribution in [2.75, 3.05) is 11.1 Å². The lowest BCUT2D eigenvalue weighted by Crippen LogP contribution is -2.39. The summed E-state index contributed by atoms with van der Waals surface area (Å²) in [5.41, 5.74) is 0.618. The van der Waals surface area contributed by atoms with Crippen LogP contribution in [0, 0.1) is 0 Å². The third kappa shape index (κ3) is 5.55. The fraction of sp³-hybridized carbons (Fsp3) is 0.217. The van der Waals surface area contributed by atoms with Crippen molar-refractivity contribution >= 4 is 45.7 Å². The van der Waals surface area contributed by atoms with Crippen LogP contribution in [0.2, 0.25) is 5.02 Å². The first-order chi connectivity index (χ1) is 15.7. The molecule has 0 aliphatic carbocycles. The molecule has 2 aromatic carbocycles. The summed E-state index contributed by atoms with van der Waals surface area (Å²) in [5.74, 6) is -0.901. The Morgan fingerprint density at radius 1 is 1.09 bits per heavy atom. The Morgan fingerprint density at radius 3 is 2.42 bits per heavy atom. The number of para-hydroxylation sites is 1. The summed E-state index contributed by atoms with van der Waals surface area (Å²) in [5, 5.41) is 14.1. The van der Waals surface area contributed by atoms with Gasteiger partial charge in [-0.05, 0) is 42.3 Å². The number of amides is 1. The van der Waals surface area contributed by atoms with Crippen LogP contribution in [0.25, 0.3) is 0 Å². The number of aromatic hydroxyl groups is 1. The van der Waals surface area contributed by atoms with E-state index in [-0.39, 0.29) is 22.3 Å². The van der Waals surface area contributed by atoms with Gasteiger partial charge < -0.3 is 10.4 Å². The number of nitrogens with zero attached hydrogens (tertiary/aromatic N) is 3. The second-order valence-electron chi connectivity index (χ2n) is 7.15. The SMILES string of the molecule is CCc1ccccc1NC(=O)CSC(=Nc1ccc(Cl)cc1)c1c(O)n(C)c(=O)n(C)c1=O. The van der Waals surface area contributed by atoms with Gasteiger partial charge in [0.1, 0.15) is 10.6 Å². The number of benzene rings is 2. The number of anilines is 1. The molecule has 0 atom stereocenters. The predicted molar refractivity (Wildman–Crippen MR) is 133 cm³/mol. The van der Waals surface area contributed by atoms with Gasteiger partial charge in [0, 0.05) is 24.8 Å². The number of rotatable bonds is 6. The number of carbonyl (C=O) groups excluding carboxylic acids is 1. The summed E-state index contributed by atoms with van der Waals surface area (Å²) >= 11 is 6.92. The van der Waals surface area contributed by atoms with Crippen molar-refractivity contribution in [3.63, 3.8) is 0 Å². The molecule has 0 saturated carbocycles. The van der Waals surface area contributed by atoms with Gasteiger partial charge >= 0.3 is 5.69 Å². The normalized spacial score (nSPS) is 11.5. The molecule has 3 rings (SSSR count). The predicted octanol–water partition coefficient (Wildman–Crippen LogP) is 3.46. The minimum Gasteiger partial charge on any atom is -0.494 e. The molecule has 33 heavy (non-hydrogen) atoms. The molecule has 10 heteroatoms. The maximum absolute atomic E-state index is 12.8.